The van der Waals surface area contributed by atoms with Crippen molar-refractivity contribution in [3.8, 4) is 0 Å². The number of amides is 1. The molecule has 0 radical (unpaired) electrons. The zero-order valence-electron chi connectivity index (χ0n) is 12.9. The number of hydrogen-bond acceptors (Lipinski definition) is 2. The van der Waals surface area contributed by atoms with Gasteiger partial charge in [-0.1, -0.05) is 35.9 Å². The summed E-state index contributed by atoms with van der Waals surface area (Å²) in [5, 5.41) is 2.93. The van der Waals surface area contributed by atoms with E-state index >= 15 is 0 Å². The first kappa shape index (κ1) is 15.1. The van der Waals surface area contributed by atoms with Gasteiger partial charge in [-0.2, -0.15) is 0 Å². The third kappa shape index (κ3) is 4.09. The van der Waals surface area contributed by atoms with Gasteiger partial charge < -0.3 is 10.2 Å². The average molecular weight is 282 g/mol. The molecule has 0 atom stereocenters. The Morgan fingerprint density at radius 1 is 1.10 bits per heavy atom. The summed E-state index contributed by atoms with van der Waals surface area (Å²) in [5.41, 5.74) is 4.39. The second-order valence-corrected chi connectivity index (χ2v) is 5.22. The number of anilines is 2. The normalized spacial score (nSPS) is 10.2. The highest BCUT2D eigenvalue weighted by atomic mass is 16.2. The second kappa shape index (κ2) is 6.93. The summed E-state index contributed by atoms with van der Waals surface area (Å²) < 4.78 is 0. The molecule has 0 fully saturated rings. The number of hydrogen-bond donors (Lipinski definition) is 1. The van der Waals surface area contributed by atoms with E-state index in [1.807, 2.05) is 30.3 Å². The van der Waals surface area contributed by atoms with E-state index in [1.165, 1.54) is 11.1 Å². The maximum atomic E-state index is 12.2. The highest BCUT2D eigenvalue weighted by Gasteiger charge is 2.12. The molecule has 0 heterocycles. The number of benzene rings is 2. The smallest absolute Gasteiger partial charge is 0.243 e. The predicted molar refractivity (Wildman–Crippen MR) is 88.9 cm³/mol. The van der Waals surface area contributed by atoms with Crippen molar-refractivity contribution in [2.24, 2.45) is 0 Å². The Kier molecular flexibility index (Phi) is 4.99. The van der Waals surface area contributed by atoms with Crippen LogP contribution in [0.4, 0.5) is 11.4 Å². The summed E-state index contributed by atoms with van der Waals surface area (Å²) in [4.78, 5) is 14.3. The standard InChI is InChI=1S/C18H22N2O/c1-4-20(17-11-10-14(2)12-15(17)3)13-18(21)19-16-8-6-5-7-9-16/h5-12H,4,13H2,1-3H3,(H,19,21). The van der Waals surface area contributed by atoms with Crippen molar-refractivity contribution < 1.29 is 4.79 Å². The first-order valence-corrected chi connectivity index (χ1v) is 7.27. The predicted octanol–water partition coefficient (Wildman–Crippen LogP) is 3.77. The maximum absolute atomic E-state index is 12.2. The number of rotatable bonds is 5. The summed E-state index contributed by atoms with van der Waals surface area (Å²) >= 11 is 0. The minimum atomic E-state index is 0.00280. The first-order chi connectivity index (χ1) is 10.1. The minimum absolute atomic E-state index is 0.00280. The molecule has 1 amide bonds. The molecule has 0 saturated heterocycles. The van der Waals surface area contributed by atoms with Crippen LogP contribution in [-0.2, 0) is 4.79 Å². The fraction of sp³-hybridized carbons (Fsp3) is 0.278. The first-order valence-electron chi connectivity index (χ1n) is 7.27. The van der Waals surface area contributed by atoms with E-state index in [2.05, 4.69) is 49.2 Å². The van der Waals surface area contributed by atoms with Gasteiger partial charge in [-0.05, 0) is 44.5 Å². The molecule has 1 N–H and O–H groups in total. The Morgan fingerprint density at radius 3 is 2.43 bits per heavy atom. The molecule has 0 aliphatic heterocycles. The van der Waals surface area contributed by atoms with Crippen molar-refractivity contribution in [3.05, 3.63) is 59.7 Å². The molecule has 0 saturated carbocycles. The zero-order valence-corrected chi connectivity index (χ0v) is 12.9. The lowest BCUT2D eigenvalue weighted by atomic mass is 10.1. The maximum Gasteiger partial charge on any atom is 0.243 e. The molecule has 3 nitrogen and oxygen atoms in total. The SMILES string of the molecule is CCN(CC(=O)Nc1ccccc1)c1ccc(C)cc1C. The monoisotopic (exact) mass is 282 g/mol. The van der Waals surface area contributed by atoms with Crippen molar-refractivity contribution >= 4 is 17.3 Å². The number of nitrogens with zero attached hydrogens (tertiary/aromatic N) is 1. The molecule has 0 unspecified atom stereocenters. The Balaban J connectivity index is 2.06. The van der Waals surface area contributed by atoms with E-state index in [1.54, 1.807) is 0 Å². The van der Waals surface area contributed by atoms with Gasteiger partial charge in [-0.15, -0.1) is 0 Å². The van der Waals surface area contributed by atoms with E-state index in [9.17, 15) is 4.79 Å². The lowest BCUT2D eigenvalue weighted by molar-refractivity contribution is -0.115. The fourth-order valence-corrected chi connectivity index (χ4v) is 2.42. The van der Waals surface area contributed by atoms with Gasteiger partial charge in [0.05, 0.1) is 6.54 Å². The number of nitrogens with one attached hydrogen (secondary N) is 1. The largest absolute Gasteiger partial charge is 0.362 e. The number of carbonyl (C=O) groups is 1. The van der Waals surface area contributed by atoms with Crippen LogP contribution >= 0.6 is 0 Å². The van der Waals surface area contributed by atoms with Crippen LogP contribution in [0.2, 0.25) is 0 Å². The lowest BCUT2D eigenvalue weighted by Crippen LogP contribution is -2.33. The molecule has 21 heavy (non-hydrogen) atoms. The Hall–Kier alpha value is -2.29. The third-order valence-electron chi connectivity index (χ3n) is 3.47. The van der Waals surface area contributed by atoms with Gasteiger partial charge in [0.1, 0.15) is 0 Å². The summed E-state index contributed by atoms with van der Waals surface area (Å²) in [5.74, 6) is 0.00280. The Morgan fingerprint density at radius 2 is 1.81 bits per heavy atom. The quantitative estimate of drug-likeness (QED) is 0.905. The van der Waals surface area contributed by atoms with Crippen molar-refractivity contribution in [1.29, 1.82) is 0 Å². The van der Waals surface area contributed by atoms with Crippen LogP contribution < -0.4 is 10.2 Å². The summed E-state index contributed by atoms with van der Waals surface area (Å²) in [6.07, 6.45) is 0. The number of aryl methyl sites for hydroxylation is 2. The molecule has 2 aromatic rings. The van der Waals surface area contributed by atoms with Crippen LogP contribution in [0.1, 0.15) is 18.1 Å². The van der Waals surface area contributed by atoms with Gasteiger partial charge >= 0.3 is 0 Å². The van der Waals surface area contributed by atoms with Crippen LogP contribution in [0, 0.1) is 13.8 Å². The third-order valence-corrected chi connectivity index (χ3v) is 3.47. The molecule has 0 bridgehead atoms. The van der Waals surface area contributed by atoms with Crippen molar-refractivity contribution in [2.45, 2.75) is 20.8 Å². The molecule has 0 spiro atoms. The van der Waals surface area contributed by atoms with E-state index in [0.29, 0.717) is 6.54 Å². The molecular weight excluding hydrogens is 260 g/mol. The molecule has 0 aliphatic rings. The number of para-hydroxylation sites is 1. The van der Waals surface area contributed by atoms with E-state index in [-0.39, 0.29) is 5.91 Å². The highest BCUT2D eigenvalue weighted by Crippen LogP contribution is 2.21. The molecular formula is C18H22N2O. The molecule has 0 aromatic heterocycles. The number of carbonyl (C=O) groups excluding carboxylic acids is 1. The summed E-state index contributed by atoms with van der Waals surface area (Å²) in [6, 6.07) is 15.9. The van der Waals surface area contributed by atoms with Gasteiger partial charge in [-0.25, -0.2) is 0 Å². The molecule has 2 aromatic carbocycles. The van der Waals surface area contributed by atoms with Gasteiger partial charge in [0.15, 0.2) is 0 Å². The summed E-state index contributed by atoms with van der Waals surface area (Å²) in [6.45, 7) is 7.38. The molecule has 110 valence electrons. The van der Waals surface area contributed by atoms with Crippen LogP contribution in [0.5, 0.6) is 0 Å². The topological polar surface area (TPSA) is 32.3 Å². The van der Waals surface area contributed by atoms with Crippen LogP contribution in [-0.4, -0.2) is 19.0 Å². The van der Waals surface area contributed by atoms with Gasteiger partial charge in [0, 0.05) is 17.9 Å². The van der Waals surface area contributed by atoms with Crippen LogP contribution in [0.15, 0.2) is 48.5 Å². The molecule has 3 heteroatoms. The van der Waals surface area contributed by atoms with Crippen molar-refractivity contribution in [3.63, 3.8) is 0 Å². The Labute approximate surface area is 126 Å². The Bertz CT molecular complexity index is 608. The van der Waals surface area contributed by atoms with Crippen LogP contribution in [0.25, 0.3) is 0 Å². The average Bonchev–Trinajstić information content (AvgIpc) is 2.46. The van der Waals surface area contributed by atoms with E-state index in [0.717, 1.165) is 17.9 Å². The van der Waals surface area contributed by atoms with Gasteiger partial charge in [0.25, 0.3) is 0 Å². The summed E-state index contributed by atoms with van der Waals surface area (Å²) in [7, 11) is 0. The van der Waals surface area contributed by atoms with Gasteiger partial charge in [0.2, 0.25) is 5.91 Å². The van der Waals surface area contributed by atoms with E-state index < -0.39 is 0 Å². The van der Waals surface area contributed by atoms with Crippen LogP contribution in [0.3, 0.4) is 0 Å². The fourth-order valence-electron chi connectivity index (χ4n) is 2.42. The number of likely N-dealkylation sites (N-methyl/N-ethyl adjacent to an activating group) is 1. The minimum Gasteiger partial charge on any atom is -0.362 e. The molecule has 0 aliphatic carbocycles. The highest BCUT2D eigenvalue weighted by molar-refractivity contribution is 5.94. The van der Waals surface area contributed by atoms with E-state index in [4.69, 9.17) is 0 Å². The lowest BCUT2D eigenvalue weighted by Gasteiger charge is -2.24. The van der Waals surface area contributed by atoms with Crippen molar-refractivity contribution in [2.75, 3.05) is 23.3 Å². The molecule has 2 rings (SSSR count). The van der Waals surface area contributed by atoms with Crippen molar-refractivity contribution in [1.82, 2.24) is 0 Å². The zero-order chi connectivity index (χ0) is 15.2. The van der Waals surface area contributed by atoms with Gasteiger partial charge in [-0.3, -0.25) is 4.79 Å². The second-order valence-electron chi connectivity index (χ2n) is 5.22.